The van der Waals surface area contributed by atoms with Crippen molar-refractivity contribution in [1.29, 1.82) is 0 Å². The Balaban J connectivity index is 2.99. The Bertz CT molecular complexity index is 318. The Labute approximate surface area is 52.5 Å². The summed E-state index contributed by atoms with van der Waals surface area (Å²) in [4.78, 5) is 3.07. The third-order valence-corrected chi connectivity index (χ3v) is 1.47. The van der Waals surface area contributed by atoms with Gasteiger partial charge >= 0.3 is 0 Å². The molecule has 0 amide bonds. The molecule has 2 aromatic rings. The van der Waals surface area contributed by atoms with E-state index in [4.69, 9.17) is 4.42 Å². The van der Waals surface area contributed by atoms with Crippen molar-refractivity contribution in [2.75, 3.05) is 0 Å². The summed E-state index contributed by atoms with van der Waals surface area (Å²) in [6, 6.07) is 1.92. The van der Waals surface area contributed by atoms with E-state index in [1.807, 2.05) is 19.2 Å². The Morgan fingerprint density at radius 1 is 1.56 bits per heavy atom. The number of aromatic amines is 1. The van der Waals surface area contributed by atoms with Gasteiger partial charge in [-0.05, 0) is 6.92 Å². The number of aromatic nitrogens is 1. The molecule has 0 spiro atoms. The monoisotopic (exact) mass is 121 g/mol. The zero-order chi connectivity index (χ0) is 6.27. The van der Waals surface area contributed by atoms with Crippen LogP contribution in [0.5, 0.6) is 0 Å². The summed E-state index contributed by atoms with van der Waals surface area (Å²) >= 11 is 0. The second kappa shape index (κ2) is 1.41. The molecule has 0 aliphatic rings. The fourth-order valence-electron chi connectivity index (χ4n) is 0.980. The lowest BCUT2D eigenvalue weighted by molar-refractivity contribution is 0.614. The van der Waals surface area contributed by atoms with Crippen LogP contribution < -0.4 is 0 Å². The van der Waals surface area contributed by atoms with Crippen molar-refractivity contribution in [3.63, 3.8) is 0 Å². The van der Waals surface area contributed by atoms with Gasteiger partial charge in [0.15, 0.2) is 5.58 Å². The van der Waals surface area contributed by atoms with E-state index in [0.29, 0.717) is 0 Å². The molecule has 2 rings (SSSR count). The number of hydrogen-bond donors (Lipinski definition) is 1. The van der Waals surface area contributed by atoms with Gasteiger partial charge in [-0.1, -0.05) is 0 Å². The topological polar surface area (TPSA) is 28.9 Å². The molecule has 0 saturated heterocycles. The first-order valence-electron chi connectivity index (χ1n) is 2.89. The average Bonchev–Trinajstić information content (AvgIpc) is 2.35. The lowest BCUT2D eigenvalue weighted by Crippen LogP contribution is -1.56. The summed E-state index contributed by atoms with van der Waals surface area (Å²) in [5.41, 5.74) is 3.21. The van der Waals surface area contributed by atoms with Crippen LogP contribution in [0.15, 0.2) is 22.9 Å². The summed E-state index contributed by atoms with van der Waals surface area (Å²) in [6.45, 7) is 2.02. The molecule has 9 heavy (non-hydrogen) atoms. The molecule has 1 N–H and O–H groups in total. The van der Waals surface area contributed by atoms with Gasteiger partial charge in [0, 0.05) is 17.8 Å². The number of furan rings is 1. The molecule has 2 nitrogen and oxygen atoms in total. The maximum absolute atomic E-state index is 5.16. The summed E-state index contributed by atoms with van der Waals surface area (Å²) in [6.07, 6.45) is 3.63. The van der Waals surface area contributed by atoms with Gasteiger partial charge in [0.25, 0.3) is 0 Å². The van der Waals surface area contributed by atoms with Crippen LogP contribution >= 0.6 is 0 Å². The van der Waals surface area contributed by atoms with Crippen molar-refractivity contribution >= 4 is 11.1 Å². The van der Waals surface area contributed by atoms with Gasteiger partial charge in [0.2, 0.25) is 0 Å². The van der Waals surface area contributed by atoms with Crippen LogP contribution in [0, 0.1) is 6.92 Å². The minimum Gasteiger partial charge on any atom is -0.462 e. The lowest BCUT2D eigenvalue weighted by Gasteiger charge is -1.75. The van der Waals surface area contributed by atoms with E-state index in [1.165, 1.54) is 0 Å². The van der Waals surface area contributed by atoms with Crippen LogP contribution in [-0.4, -0.2) is 4.98 Å². The second-order valence-corrected chi connectivity index (χ2v) is 2.14. The van der Waals surface area contributed by atoms with Gasteiger partial charge in [-0.2, -0.15) is 0 Å². The standard InChI is InChI=1S/C7H7NO/c1-5-4-8-6-2-3-9-7(5)6/h2-4,8H,1H3. The summed E-state index contributed by atoms with van der Waals surface area (Å²) in [5, 5.41) is 0. The van der Waals surface area contributed by atoms with Crippen LogP contribution in [0.4, 0.5) is 0 Å². The maximum atomic E-state index is 5.16. The minimum absolute atomic E-state index is 0.968. The zero-order valence-corrected chi connectivity index (χ0v) is 5.14. The molecule has 0 aliphatic heterocycles. The van der Waals surface area contributed by atoms with Crippen molar-refractivity contribution < 1.29 is 4.42 Å². The van der Waals surface area contributed by atoms with Gasteiger partial charge in [-0.3, -0.25) is 0 Å². The van der Waals surface area contributed by atoms with E-state index in [2.05, 4.69) is 4.98 Å². The first-order chi connectivity index (χ1) is 4.38. The molecule has 2 aromatic heterocycles. The van der Waals surface area contributed by atoms with E-state index in [0.717, 1.165) is 16.7 Å². The van der Waals surface area contributed by atoms with Crippen LogP contribution in [-0.2, 0) is 0 Å². The lowest BCUT2D eigenvalue weighted by atomic mass is 10.3. The highest BCUT2D eigenvalue weighted by Gasteiger charge is 1.99. The minimum atomic E-state index is 0.968. The van der Waals surface area contributed by atoms with E-state index in [1.54, 1.807) is 6.26 Å². The molecule has 46 valence electrons. The molecule has 0 fully saturated rings. The molecule has 0 aliphatic carbocycles. The predicted molar refractivity (Wildman–Crippen MR) is 35.3 cm³/mol. The Morgan fingerprint density at radius 2 is 2.44 bits per heavy atom. The second-order valence-electron chi connectivity index (χ2n) is 2.14. The van der Waals surface area contributed by atoms with Gasteiger partial charge in [0.05, 0.1) is 11.8 Å². The van der Waals surface area contributed by atoms with E-state index in [-0.39, 0.29) is 0 Å². The smallest absolute Gasteiger partial charge is 0.154 e. The van der Waals surface area contributed by atoms with Crippen LogP contribution in [0.25, 0.3) is 11.1 Å². The van der Waals surface area contributed by atoms with Gasteiger partial charge in [-0.15, -0.1) is 0 Å². The quantitative estimate of drug-likeness (QED) is 0.568. The number of aryl methyl sites for hydroxylation is 1. The van der Waals surface area contributed by atoms with Crippen LogP contribution in [0.1, 0.15) is 5.56 Å². The largest absolute Gasteiger partial charge is 0.462 e. The maximum Gasteiger partial charge on any atom is 0.154 e. The molecule has 0 unspecified atom stereocenters. The third-order valence-electron chi connectivity index (χ3n) is 1.47. The van der Waals surface area contributed by atoms with Crippen molar-refractivity contribution in [3.05, 3.63) is 24.1 Å². The van der Waals surface area contributed by atoms with E-state index < -0.39 is 0 Å². The summed E-state index contributed by atoms with van der Waals surface area (Å²) in [5.74, 6) is 0. The molecule has 0 aromatic carbocycles. The normalized spacial score (nSPS) is 10.8. The summed E-state index contributed by atoms with van der Waals surface area (Å²) < 4.78 is 5.16. The highest BCUT2D eigenvalue weighted by Crippen LogP contribution is 2.16. The van der Waals surface area contributed by atoms with Crippen molar-refractivity contribution in [2.45, 2.75) is 6.92 Å². The van der Waals surface area contributed by atoms with Gasteiger partial charge < -0.3 is 9.40 Å². The number of fused-ring (bicyclic) bond motifs is 1. The molecular formula is C7H7NO. The van der Waals surface area contributed by atoms with E-state index >= 15 is 0 Å². The third kappa shape index (κ3) is 0.499. The summed E-state index contributed by atoms with van der Waals surface area (Å²) in [7, 11) is 0. The Hall–Kier alpha value is -1.18. The number of H-pyrrole nitrogens is 1. The fourth-order valence-corrected chi connectivity index (χ4v) is 0.980. The molecule has 0 bridgehead atoms. The number of hydrogen-bond acceptors (Lipinski definition) is 1. The number of rotatable bonds is 0. The van der Waals surface area contributed by atoms with Crippen LogP contribution in [0.2, 0.25) is 0 Å². The first kappa shape index (κ1) is 4.68. The Morgan fingerprint density at radius 3 is 3.22 bits per heavy atom. The highest BCUT2D eigenvalue weighted by atomic mass is 16.3. The van der Waals surface area contributed by atoms with Crippen molar-refractivity contribution in [1.82, 2.24) is 4.98 Å². The Kier molecular flexibility index (Phi) is 0.730. The zero-order valence-electron chi connectivity index (χ0n) is 5.14. The molecule has 2 heteroatoms. The first-order valence-corrected chi connectivity index (χ1v) is 2.89. The van der Waals surface area contributed by atoms with E-state index in [9.17, 15) is 0 Å². The van der Waals surface area contributed by atoms with Gasteiger partial charge in [-0.25, -0.2) is 0 Å². The molecule has 0 saturated carbocycles. The van der Waals surface area contributed by atoms with Crippen LogP contribution in [0.3, 0.4) is 0 Å². The predicted octanol–water partition coefficient (Wildman–Crippen LogP) is 2.07. The molecule has 0 atom stereocenters. The highest BCUT2D eigenvalue weighted by molar-refractivity contribution is 5.76. The van der Waals surface area contributed by atoms with Crippen molar-refractivity contribution in [3.8, 4) is 0 Å². The van der Waals surface area contributed by atoms with Crippen molar-refractivity contribution in [2.24, 2.45) is 0 Å². The number of nitrogens with one attached hydrogen (secondary N) is 1. The average molecular weight is 121 g/mol. The fraction of sp³-hybridized carbons (Fsp3) is 0.143. The SMILES string of the molecule is Cc1c[nH]c2ccoc12. The molecule has 2 heterocycles. The molecule has 0 radical (unpaired) electrons. The molecular weight excluding hydrogens is 114 g/mol. The van der Waals surface area contributed by atoms with Gasteiger partial charge in [0.1, 0.15) is 0 Å².